The van der Waals surface area contributed by atoms with E-state index in [1.165, 1.54) is 38.5 Å². The number of hydrogen-bond donors (Lipinski definition) is 3. The van der Waals surface area contributed by atoms with E-state index in [-0.39, 0.29) is 13.2 Å². The van der Waals surface area contributed by atoms with Gasteiger partial charge in [-0.2, -0.15) is 0 Å². The maximum absolute atomic E-state index is 9.23. The molecule has 1 saturated carbocycles. The van der Waals surface area contributed by atoms with Crippen LogP contribution in [-0.4, -0.2) is 35.0 Å². The minimum absolute atomic E-state index is 0.00160. The van der Waals surface area contributed by atoms with E-state index in [1.807, 2.05) is 6.92 Å². The van der Waals surface area contributed by atoms with Gasteiger partial charge in [-0.15, -0.1) is 0 Å². The Hall–Kier alpha value is -0.120. The fraction of sp³-hybridized carbons (Fsp3) is 1.00. The van der Waals surface area contributed by atoms with Crippen LogP contribution in [0.3, 0.4) is 0 Å². The quantitative estimate of drug-likeness (QED) is 0.649. The monoisotopic (exact) mass is 229 g/mol. The van der Waals surface area contributed by atoms with Crippen molar-refractivity contribution >= 4 is 0 Å². The number of aliphatic hydroxyl groups is 2. The van der Waals surface area contributed by atoms with E-state index in [4.69, 9.17) is 0 Å². The summed E-state index contributed by atoms with van der Waals surface area (Å²) in [5.41, 5.74) is -0.512. The highest BCUT2D eigenvalue weighted by atomic mass is 16.3. The fourth-order valence-corrected chi connectivity index (χ4v) is 2.64. The van der Waals surface area contributed by atoms with Gasteiger partial charge in [0.25, 0.3) is 0 Å². The zero-order valence-electron chi connectivity index (χ0n) is 10.7. The molecule has 0 aromatic heterocycles. The molecule has 0 amide bonds. The second-order valence-corrected chi connectivity index (χ2v) is 5.53. The van der Waals surface area contributed by atoms with E-state index in [9.17, 15) is 10.2 Å². The van der Waals surface area contributed by atoms with Crippen LogP contribution in [0.5, 0.6) is 0 Å². The number of aliphatic hydroxyl groups excluding tert-OH is 2. The lowest BCUT2D eigenvalue weighted by Gasteiger charge is -2.36. The molecule has 0 aliphatic heterocycles. The van der Waals surface area contributed by atoms with Crippen molar-refractivity contribution in [1.29, 1.82) is 0 Å². The predicted octanol–water partition coefficient (Wildman–Crippen LogP) is 1.68. The minimum Gasteiger partial charge on any atom is -0.394 e. The van der Waals surface area contributed by atoms with E-state index >= 15 is 0 Å². The molecule has 0 spiro atoms. The van der Waals surface area contributed by atoms with Gasteiger partial charge in [-0.1, -0.05) is 19.8 Å². The third-order valence-electron chi connectivity index (χ3n) is 3.79. The molecule has 0 aromatic carbocycles. The molecular weight excluding hydrogens is 202 g/mol. The van der Waals surface area contributed by atoms with Crippen LogP contribution in [0.15, 0.2) is 0 Å². The zero-order chi connectivity index (χ0) is 12.0. The van der Waals surface area contributed by atoms with Crippen molar-refractivity contribution in [2.75, 3.05) is 13.2 Å². The number of nitrogens with one attached hydrogen (secondary N) is 1. The summed E-state index contributed by atoms with van der Waals surface area (Å²) in [6.07, 6.45) is 7.58. The van der Waals surface area contributed by atoms with Gasteiger partial charge in [-0.05, 0) is 38.5 Å². The summed E-state index contributed by atoms with van der Waals surface area (Å²) in [5.74, 6) is 0.901. The van der Waals surface area contributed by atoms with E-state index in [0.717, 1.165) is 5.92 Å². The molecule has 1 rings (SSSR count). The highest BCUT2D eigenvalue weighted by Gasteiger charge is 2.28. The Labute approximate surface area is 99.3 Å². The molecule has 0 bridgehead atoms. The first-order valence-electron chi connectivity index (χ1n) is 6.63. The summed E-state index contributed by atoms with van der Waals surface area (Å²) in [6, 6.07) is 0.470. The largest absolute Gasteiger partial charge is 0.394 e. The Balaban J connectivity index is 2.31. The molecule has 0 radical (unpaired) electrons. The van der Waals surface area contributed by atoms with Crippen molar-refractivity contribution in [3.8, 4) is 0 Å². The molecule has 3 nitrogen and oxygen atoms in total. The minimum atomic E-state index is -0.512. The lowest BCUT2D eigenvalue weighted by atomic mass is 9.82. The number of rotatable bonds is 6. The highest BCUT2D eigenvalue weighted by molar-refractivity contribution is 4.87. The average Bonchev–Trinajstić information content (AvgIpc) is 2.32. The third kappa shape index (κ3) is 4.04. The zero-order valence-corrected chi connectivity index (χ0v) is 10.7. The normalized spacial score (nSPS) is 27.0. The first-order valence-corrected chi connectivity index (χ1v) is 6.63. The van der Waals surface area contributed by atoms with Gasteiger partial charge in [0.2, 0.25) is 0 Å². The molecule has 16 heavy (non-hydrogen) atoms. The first-order chi connectivity index (χ1) is 7.63. The second kappa shape index (κ2) is 6.58. The molecule has 3 N–H and O–H groups in total. The van der Waals surface area contributed by atoms with E-state index < -0.39 is 5.54 Å². The van der Waals surface area contributed by atoms with Crippen LogP contribution in [0.2, 0.25) is 0 Å². The molecule has 0 unspecified atom stereocenters. The van der Waals surface area contributed by atoms with Gasteiger partial charge < -0.3 is 15.5 Å². The summed E-state index contributed by atoms with van der Waals surface area (Å²) < 4.78 is 0. The summed E-state index contributed by atoms with van der Waals surface area (Å²) in [5, 5.41) is 21.9. The Bertz CT molecular complexity index is 184. The second-order valence-electron chi connectivity index (χ2n) is 5.53. The smallest absolute Gasteiger partial charge is 0.0633 e. The Morgan fingerprint density at radius 1 is 1.12 bits per heavy atom. The van der Waals surface area contributed by atoms with Crippen molar-refractivity contribution in [2.45, 2.75) is 64.0 Å². The van der Waals surface area contributed by atoms with Gasteiger partial charge in [-0.3, -0.25) is 0 Å². The molecule has 1 aliphatic carbocycles. The molecule has 0 saturated heterocycles. The van der Waals surface area contributed by atoms with Gasteiger partial charge in [0.15, 0.2) is 0 Å². The maximum atomic E-state index is 9.23. The Morgan fingerprint density at radius 3 is 2.12 bits per heavy atom. The SMILES string of the molecule is CCCC1CCC(NC(C)(CO)CO)CC1. The summed E-state index contributed by atoms with van der Waals surface area (Å²) >= 11 is 0. The summed E-state index contributed by atoms with van der Waals surface area (Å²) in [4.78, 5) is 0. The lowest BCUT2D eigenvalue weighted by molar-refractivity contribution is 0.0848. The van der Waals surface area contributed by atoms with Crippen molar-refractivity contribution in [3.63, 3.8) is 0 Å². The van der Waals surface area contributed by atoms with Gasteiger partial charge in [-0.25, -0.2) is 0 Å². The van der Waals surface area contributed by atoms with Crippen molar-refractivity contribution in [3.05, 3.63) is 0 Å². The standard InChI is InChI=1S/C13H27NO2/c1-3-4-11-5-7-12(8-6-11)14-13(2,9-15)10-16/h11-12,14-16H,3-10H2,1-2H3. The van der Waals surface area contributed by atoms with Crippen LogP contribution in [-0.2, 0) is 0 Å². The highest BCUT2D eigenvalue weighted by Crippen LogP contribution is 2.28. The van der Waals surface area contributed by atoms with Crippen LogP contribution >= 0.6 is 0 Å². The van der Waals surface area contributed by atoms with Gasteiger partial charge in [0.1, 0.15) is 0 Å². The van der Waals surface area contributed by atoms with Crippen molar-refractivity contribution in [2.24, 2.45) is 5.92 Å². The molecule has 1 aliphatic rings. The fourth-order valence-electron chi connectivity index (χ4n) is 2.64. The van der Waals surface area contributed by atoms with Crippen LogP contribution in [0.4, 0.5) is 0 Å². The van der Waals surface area contributed by atoms with Crippen LogP contribution in [0.1, 0.15) is 52.4 Å². The molecule has 3 heteroatoms. The maximum Gasteiger partial charge on any atom is 0.0633 e. The predicted molar refractivity (Wildman–Crippen MR) is 66.4 cm³/mol. The Kier molecular flexibility index (Phi) is 5.73. The first kappa shape index (κ1) is 13.9. The van der Waals surface area contributed by atoms with E-state index in [0.29, 0.717) is 6.04 Å². The van der Waals surface area contributed by atoms with E-state index in [1.54, 1.807) is 0 Å². The van der Waals surface area contributed by atoms with Gasteiger partial charge in [0, 0.05) is 6.04 Å². The van der Waals surface area contributed by atoms with Crippen LogP contribution < -0.4 is 5.32 Å². The number of hydrogen-bond acceptors (Lipinski definition) is 3. The molecule has 96 valence electrons. The summed E-state index contributed by atoms with van der Waals surface area (Å²) in [7, 11) is 0. The topological polar surface area (TPSA) is 52.5 Å². The molecule has 0 heterocycles. The van der Waals surface area contributed by atoms with Crippen LogP contribution in [0, 0.1) is 5.92 Å². The molecule has 0 atom stereocenters. The van der Waals surface area contributed by atoms with Gasteiger partial charge in [0.05, 0.1) is 18.8 Å². The summed E-state index contributed by atoms with van der Waals surface area (Å²) in [6.45, 7) is 4.13. The van der Waals surface area contributed by atoms with Crippen molar-refractivity contribution in [1.82, 2.24) is 5.32 Å². The molecule has 0 aromatic rings. The molecule has 1 fully saturated rings. The van der Waals surface area contributed by atoms with Crippen LogP contribution in [0.25, 0.3) is 0 Å². The Morgan fingerprint density at radius 2 is 1.69 bits per heavy atom. The molecular formula is C13H27NO2. The average molecular weight is 229 g/mol. The lowest BCUT2D eigenvalue weighted by Crippen LogP contribution is -2.54. The third-order valence-corrected chi connectivity index (χ3v) is 3.79. The van der Waals surface area contributed by atoms with Gasteiger partial charge >= 0.3 is 0 Å². The van der Waals surface area contributed by atoms with E-state index in [2.05, 4.69) is 12.2 Å². The van der Waals surface area contributed by atoms with Crippen molar-refractivity contribution < 1.29 is 10.2 Å².